The smallest absolute Gasteiger partial charge is 0.317 e. The van der Waals surface area contributed by atoms with Crippen molar-refractivity contribution in [3.63, 3.8) is 0 Å². The quantitative estimate of drug-likeness (QED) is 0.831. The molecule has 0 saturated carbocycles. The fraction of sp³-hybridized carbons (Fsp3) is 0.312. The topological polar surface area (TPSA) is 87.5 Å². The van der Waals surface area contributed by atoms with E-state index in [-0.39, 0.29) is 30.2 Å². The first-order valence-corrected chi connectivity index (χ1v) is 7.61. The number of hydrogen-bond donors (Lipinski definition) is 2. The van der Waals surface area contributed by atoms with Gasteiger partial charge in [0.05, 0.1) is 12.2 Å². The molecule has 3 rings (SSSR count). The molecule has 3 amide bonds. The summed E-state index contributed by atoms with van der Waals surface area (Å²) in [4.78, 5) is 25.6. The number of benzene rings is 1. The van der Waals surface area contributed by atoms with Crippen LogP contribution in [0.5, 0.6) is 0 Å². The molecule has 0 aliphatic carbocycles. The SMILES string of the molecule is O=C(NCC(Cc1cccc(F)c1)N1CCNC1=O)c1ccno1. The molecule has 1 aromatic carbocycles. The zero-order chi connectivity index (χ0) is 16.9. The van der Waals surface area contributed by atoms with Crippen molar-refractivity contribution >= 4 is 11.9 Å². The summed E-state index contributed by atoms with van der Waals surface area (Å²) in [5.41, 5.74) is 0.758. The van der Waals surface area contributed by atoms with Gasteiger partial charge in [-0.1, -0.05) is 17.3 Å². The van der Waals surface area contributed by atoms with Gasteiger partial charge in [0.1, 0.15) is 5.82 Å². The average molecular weight is 332 g/mol. The van der Waals surface area contributed by atoms with Crippen molar-refractivity contribution in [2.75, 3.05) is 19.6 Å². The number of urea groups is 1. The standard InChI is InChI=1S/C16H17FN4O3/c17-12-3-1-2-11(8-12)9-13(21-7-6-18-16(21)23)10-19-15(22)14-4-5-20-24-14/h1-5,8,13H,6-7,9-10H2,(H,18,23)(H,19,22). The van der Waals surface area contributed by atoms with Gasteiger partial charge in [-0.25, -0.2) is 9.18 Å². The highest BCUT2D eigenvalue weighted by Gasteiger charge is 2.28. The first-order valence-electron chi connectivity index (χ1n) is 7.61. The molecule has 0 spiro atoms. The van der Waals surface area contributed by atoms with Crippen LogP contribution < -0.4 is 10.6 Å². The summed E-state index contributed by atoms with van der Waals surface area (Å²) in [5.74, 6) is -0.635. The van der Waals surface area contributed by atoms with E-state index in [1.165, 1.54) is 24.4 Å². The number of amides is 3. The lowest BCUT2D eigenvalue weighted by molar-refractivity contribution is 0.0903. The van der Waals surface area contributed by atoms with Crippen molar-refractivity contribution in [3.8, 4) is 0 Å². The Balaban J connectivity index is 1.70. The van der Waals surface area contributed by atoms with E-state index in [1.54, 1.807) is 17.0 Å². The molecule has 126 valence electrons. The van der Waals surface area contributed by atoms with Crippen LogP contribution in [0.25, 0.3) is 0 Å². The minimum Gasteiger partial charge on any atom is -0.351 e. The van der Waals surface area contributed by atoms with Gasteiger partial charge in [0.25, 0.3) is 5.91 Å². The van der Waals surface area contributed by atoms with E-state index in [0.717, 1.165) is 5.56 Å². The molecule has 0 radical (unpaired) electrons. The zero-order valence-corrected chi connectivity index (χ0v) is 12.9. The molecule has 1 aliphatic rings. The third-order valence-electron chi connectivity index (χ3n) is 3.85. The molecule has 2 heterocycles. The summed E-state index contributed by atoms with van der Waals surface area (Å²) in [6.45, 7) is 1.31. The van der Waals surface area contributed by atoms with Crippen LogP contribution in [-0.4, -0.2) is 47.7 Å². The van der Waals surface area contributed by atoms with Crippen molar-refractivity contribution in [1.82, 2.24) is 20.7 Å². The third-order valence-corrected chi connectivity index (χ3v) is 3.85. The van der Waals surface area contributed by atoms with Crippen LogP contribution in [0.15, 0.2) is 41.1 Å². The maximum absolute atomic E-state index is 13.4. The molecular formula is C16H17FN4O3. The van der Waals surface area contributed by atoms with Gasteiger partial charge in [-0.15, -0.1) is 0 Å². The summed E-state index contributed by atoms with van der Waals surface area (Å²) < 4.78 is 18.2. The van der Waals surface area contributed by atoms with Crippen molar-refractivity contribution in [1.29, 1.82) is 0 Å². The van der Waals surface area contributed by atoms with E-state index < -0.39 is 5.91 Å². The van der Waals surface area contributed by atoms with Crippen LogP contribution in [0.3, 0.4) is 0 Å². The lowest BCUT2D eigenvalue weighted by atomic mass is 10.0. The second-order valence-corrected chi connectivity index (χ2v) is 5.50. The Morgan fingerprint density at radius 3 is 3.00 bits per heavy atom. The number of rotatable bonds is 6. The summed E-state index contributed by atoms with van der Waals surface area (Å²) in [7, 11) is 0. The number of carbonyl (C=O) groups is 2. The lowest BCUT2D eigenvalue weighted by Crippen LogP contribution is -2.46. The fourth-order valence-electron chi connectivity index (χ4n) is 2.69. The Hall–Kier alpha value is -2.90. The van der Waals surface area contributed by atoms with Crippen LogP contribution in [0.4, 0.5) is 9.18 Å². The van der Waals surface area contributed by atoms with E-state index in [0.29, 0.717) is 19.5 Å². The van der Waals surface area contributed by atoms with E-state index in [4.69, 9.17) is 4.52 Å². The highest BCUT2D eigenvalue weighted by molar-refractivity contribution is 5.91. The number of aromatic nitrogens is 1. The molecule has 1 atom stereocenters. The van der Waals surface area contributed by atoms with Crippen LogP contribution >= 0.6 is 0 Å². The first-order chi connectivity index (χ1) is 11.6. The highest BCUT2D eigenvalue weighted by atomic mass is 19.1. The van der Waals surface area contributed by atoms with Gasteiger partial charge in [-0.2, -0.15) is 0 Å². The molecule has 1 aromatic heterocycles. The van der Waals surface area contributed by atoms with Gasteiger partial charge in [-0.05, 0) is 24.1 Å². The normalized spacial score (nSPS) is 15.2. The van der Waals surface area contributed by atoms with Crippen LogP contribution in [0.2, 0.25) is 0 Å². The second-order valence-electron chi connectivity index (χ2n) is 5.50. The maximum atomic E-state index is 13.4. The molecule has 7 nitrogen and oxygen atoms in total. The van der Waals surface area contributed by atoms with Crippen molar-refractivity contribution in [2.24, 2.45) is 0 Å². The third kappa shape index (κ3) is 3.70. The Labute approximate surface area is 137 Å². The molecule has 8 heteroatoms. The molecule has 2 aromatic rings. The second kappa shape index (κ2) is 7.12. The zero-order valence-electron chi connectivity index (χ0n) is 12.9. The number of carbonyl (C=O) groups excluding carboxylic acids is 2. The number of hydrogen-bond acceptors (Lipinski definition) is 4. The summed E-state index contributed by atoms with van der Waals surface area (Å²) in [5, 5.41) is 8.95. The Kier molecular flexibility index (Phi) is 4.74. The van der Waals surface area contributed by atoms with Crippen molar-refractivity contribution in [3.05, 3.63) is 53.7 Å². The van der Waals surface area contributed by atoms with E-state index in [1.807, 2.05) is 0 Å². The lowest BCUT2D eigenvalue weighted by Gasteiger charge is -2.27. The monoisotopic (exact) mass is 332 g/mol. The largest absolute Gasteiger partial charge is 0.351 e. The molecule has 1 unspecified atom stereocenters. The molecule has 1 fully saturated rings. The van der Waals surface area contributed by atoms with E-state index in [9.17, 15) is 14.0 Å². The Morgan fingerprint density at radius 2 is 2.33 bits per heavy atom. The predicted molar refractivity (Wildman–Crippen MR) is 82.8 cm³/mol. The van der Waals surface area contributed by atoms with E-state index >= 15 is 0 Å². The molecule has 24 heavy (non-hydrogen) atoms. The van der Waals surface area contributed by atoms with Crippen LogP contribution in [-0.2, 0) is 6.42 Å². The van der Waals surface area contributed by atoms with Gasteiger partial charge in [0.15, 0.2) is 0 Å². The van der Waals surface area contributed by atoms with Gasteiger partial charge < -0.3 is 20.1 Å². The number of nitrogens with one attached hydrogen (secondary N) is 2. The van der Waals surface area contributed by atoms with Gasteiger partial charge in [-0.3, -0.25) is 4.79 Å². The maximum Gasteiger partial charge on any atom is 0.317 e. The number of halogens is 1. The number of nitrogens with zero attached hydrogens (tertiary/aromatic N) is 2. The van der Waals surface area contributed by atoms with Gasteiger partial charge in [0, 0.05) is 25.7 Å². The predicted octanol–water partition coefficient (Wildman–Crippen LogP) is 1.18. The van der Waals surface area contributed by atoms with Gasteiger partial charge >= 0.3 is 6.03 Å². The molecule has 2 N–H and O–H groups in total. The molecule has 1 saturated heterocycles. The summed E-state index contributed by atoms with van der Waals surface area (Å²) >= 11 is 0. The first kappa shape index (κ1) is 16.0. The fourth-order valence-corrected chi connectivity index (χ4v) is 2.69. The Bertz CT molecular complexity index is 720. The molecular weight excluding hydrogens is 315 g/mol. The average Bonchev–Trinajstić information content (AvgIpc) is 3.23. The van der Waals surface area contributed by atoms with Crippen LogP contribution in [0.1, 0.15) is 16.1 Å². The summed E-state index contributed by atoms with van der Waals surface area (Å²) in [6.07, 6.45) is 1.81. The Morgan fingerprint density at radius 1 is 1.46 bits per heavy atom. The highest BCUT2D eigenvalue weighted by Crippen LogP contribution is 2.13. The molecule has 0 bridgehead atoms. The van der Waals surface area contributed by atoms with Gasteiger partial charge in [0.2, 0.25) is 5.76 Å². The van der Waals surface area contributed by atoms with Crippen molar-refractivity contribution < 1.29 is 18.5 Å². The summed E-state index contributed by atoms with van der Waals surface area (Å²) in [6, 6.07) is 7.19. The van der Waals surface area contributed by atoms with E-state index in [2.05, 4.69) is 15.8 Å². The minimum atomic E-state index is -0.406. The van der Waals surface area contributed by atoms with Crippen molar-refractivity contribution in [2.45, 2.75) is 12.5 Å². The minimum absolute atomic E-state index is 0.102. The van der Waals surface area contributed by atoms with Crippen LogP contribution in [0, 0.1) is 5.82 Å². The molecule has 1 aliphatic heterocycles.